The van der Waals surface area contributed by atoms with Crippen LogP contribution < -0.4 is 10.6 Å². The maximum Gasteiger partial charge on any atom is 0.352 e. The number of hydrogen-bond donors (Lipinski definition) is 3. The lowest BCUT2D eigenvalue weighted by Gasteiger charge is -2.49. The molecule has 14 nitrogen and oxygen atoms in total. The van der Waals surface area contributed by atoms with Gasteiger partial charge in [0, 0.05) is 30.4 Å². The van der Waals surface area contributed by atoms with Gasteiger partial charge in [-0.25, -0.2) is 14.5 Å². The van der Waals surface area contributed by atoms with Gasteiger partial charge in [-0.05, 0) is 30.1 Å². The molecule has 4 heterocycles. The highest BCUT2D eigenvalue weighted by molar-refractivity contribution is 8.01. The van der Waals surface area contributed by atoms with Crippen LogP contribution in [0, 0.1) is 0 Å². The van der Waals surface area contributed by atoms with Crippen molar-refractivity contribution in [2.75, 3.05) is 37.5 Å². The number of nitrogens with one attached hydrogen (secondary N) is 2. The monoisotopic (exact) mass is 567 g/mol. The van der Waals surface area contributed by atoms with Gasteiger partial charge in [0.15, 0.2) is 5.13 Å². The summed E-state index contributed by atoms with van der Waals surface area (Å²) in [6.45, 7) is 2.70. The van der Waals surface area contributed by atoms with Crippen molar-refractivity contribution in [2.45, 2.75) is 36.5 Å². The normalized spacial score (nSPS) is 19.0. The van der Waals surface area contributed by atoms with Gasteiger partial charge >= 0.3 is 5.97 Å². The highest BCUT2D eigenvalue weighted by Crippen LogP contribution is 2.41. The molecule has 37 heavy (non-hydrogen) atoms. The average Bonchev–Trinajstić information content (AvgIpc) is 3.47. The Bertz CT molecular complexity index is 1240. The predicted molar refractivity (Wildman–Crippen MR) is 137 cm³/mol. The first-order valence-corrected chi connectivity index (χ1v) is 14.0. The zero-order valence-corrected chi connectivity index (χ0v) is 22.7. The number of nitrogens with zero attached hydrogens (tertiary/aromatic N) is 7. The number of β-lactam (4-membered cyclic amide) rings is 1. The summed E-state index contributed by atoms with van der Waals surface area (Å²) in [5, 5.41) is 28.9. The second kappa shape index (κ2) is 11.6. The third-order valence-electron chi connectivity index (χ3n) is 5.38. The van der Waals surface area contributed by atoms with E-state index in [9.17, 15) is 24.3 Å². The Hall–Kier alpha value is -3.02. The number of rotatable bonds is 11. The molecule has 3 N–H and O–H groups in total. The van der Waals surface area contributed by atoms with E-state index in [0.717, 1.165) is 6.54 Å². The minimum absolute atomic E-state index is 0.0569. The molecule has 3 amide bonds. The van der Waals surface area contributed by atoms with Crippen molar-refractivity contribution < 1.29 is 24.3 Å². The van der Waals surface area contributed by atoms with Crippen molar-refractivity contribution in [3.8, 4) is 0 Å². The SMILES string of the molecule is CC(=O)Nc1nc(CC(=O)N[C@@H]2C(=O)N3C(C(=O)O)=C(CSc4nnnn4CCN(C)C)CS[C@H]23)cs1. The van der Waals surface area contributed by atoms with Crippen LogP contribution in [0.3, 0.4) is 0 Å². The number of hydrogen-bond acceptors (Lipinski definition) is 12. The van der Waals surface area contributed by atoms with Crippen molar-refractivity contribution in [1.82, 2.24) is 40.3 Å². The first kappa shape index (κ1) is 27.0. The molecule has 0 bridgehead atoms. The Morgan fingerprint density at radius 1 is 1.32 bits per heavy atom. The first-order valence-electron chi connectivity index (χ1n) is 11.1. The van der Waals surface area contributed by atoms with Crippen LogP contribution in [0.5, 0.6) is 0 Å². The molecule has 0 aromatic carbocycles. The van der Waals surface area contributed by atoms with E-state index in [0.29, 0.717) is 39.6 Å². The summed E-state index contributed by atoms with van der Waals surface area (Å²) in [5.74, 6) is -1.64. The number of carbonyl (C=O) groups excluding carboxylic acids is 3. The number of anilines is 1. The van der Waals surface area contributed by atoms with Gasteiger partial charge in [-0.3, -0.25) is 19.3 Å². The van der Waals surface area contributed by atoms with Crippen molar-refractivity contribution >= 4 is 63.7 Å². The number of carboxylic acids is 1. The average molecular weight is 568 g/mol. The topological polar surface area (TPSA) is 176 Å². The zero-order chi connectivity index (χ0) is 26.7. The summed E-state index contributed by atoms with van der Waals surface area (Å²) in [5.41, 5.74) is 0.995. The summed E-state index contributed by atoms with van der Waals surface area (Å²) in [6, 6.07) is -0.826. The standard InChI is InChI=1S/C20H25N9O5S3/c1-10(30)21-19-22-12(9-36-19)6-13(31)23-14-16(32)29-15(18(33)34)11(7-35-17(14)29)8-37-20-24-25-26-28(20)5-4-27(2)3/h9,14,17H,4-8H2,1-3H3,(H,23,31)(H,33,34)(H,21,22,30)/t14-,17-/m1/s1. The Kier molecular flexibility index (Phi) is 8.46. The van der Waals surface area contributed by atoms with E-state index in [2.05, 4.69) is 31.1 Å². The van der Waals surface area contributed by atoms with Gasteiger partial charge in [-0.2, -0.15) is 0 Å². The van der Waals surface area contributed by atoms with Gasteiger partial charge < -0.3 is 20.6 Å². The molecule has 0 spiro atoms. The summed E-state index contributed by atoms with van der Waals surface area (Å²) in [4.78, 5) is 56.1. The Morgan fingerprint density at radius 3 is 2.81 bits per heavy atom. The maximum absolute atomic E-state index is 12.9. The molecule has 0 radical (unpaired) electrons. The molecule has 198 valence electrons. The van der Waals surface area contributed by atoms with E-state index >= 15 is 0 Å². The van der Waals surface area contributed by atoms with Crippen molar-refractivity contribution in [1.29, 1.82) is 0 Å². The lowest BCUT2D eigenvalue weighted by atomic mass is 10.0. The molecule has 17 heteroatoms. The van der Waals surface area contributed by atoms with Crippen LogP contribution in [-0.4, -0.2) is 107 Å². The number of aromatic nitrogens is 5. The second-order valence-electron chi connectivity index (χ2n) is 8.49. The van der Waals surface area contributed by atoms with Gasteiger partial charge in [0.05, 0.1) is 18.7 Å². The number of likely N-dealkylation sites (N-methyl/N-ethyl adjacent to an activating group) is 1. The molecule has 2 aromatic heterocycles. The number of thiazole rings is 1. The lowest BCUT2D eigenvalue weighted by Crippen LogP contribution is -2.70. The van der Waals surface area contributed by atoms with Crippen LogP contribution >= 0.6 is 34.9 Å². The van der Waals surface area contributed by atoms with E-state index in [-0.39, 0.29) is 18.0 Å². The molecule has 0 saturated carbocycles. The molecule has 1 fully saturated rings. The number of carboxylic acid groups (broad SMARTS) is 1. The number of aliphatic carboxylic acids is 1. The van der Waals surface area contributed by atoms with Crippen LogP contribution in [0.4, 0.5) is 5.13 Å². The summed E-state index contributed by atoms with van der Waals surface area (Å²) in [7, 11) is 3.89. The number of tetrazole rings is 1. The summed E-state index contributed by atoms with van der Waals surface area (Å²) < 4.78 is 1.66. The Labute approximate surface area is 224 Å². The zero-order valence-electron chi connectivity index (χ0n) is 20.2. The van der Waals surface area contributed by atoms with E-state index in [4.69, 9.17) is 0 Å². The third kappa shape index (κ3) is 6.28. The van der Waals surface area contributed by atoms with Crippen molar-refractivity contribution in [2.24, 2.45) is 0 Å². The Morgan fingerprint density at radius 2 is 2.11 bits per heavy atom. The van der Waals surface area contributed by atoms with Crippen LogP contribution in [0.1, 0.15) is 12.6 Å². The van der Waals surface area contributed by atoms with E-state index in [1.807, 2.05) is 19.0 Å². The molecule has 2 aromatic rings. The van der Waals surface area contributed by atoms with Gasteiger partial charge in [-0.1, -0.05) is 11.8 Å². The Balaban J connectivity index is 1.38. The molecular weight excluding hydrogens is 542 g/mol. The largest absolute Gasteiger partial charge is 0.477 e. The van der Waals surface area contributed by atoms with Crippen molar-refractivity contribution in [3.63, 3.8) is 0 Å². The summed E-state index contributed by atoms with van der Waals surface area (Å²) in [6.07, 6.45) is -0.0662. The first-order chi connectivity index (χ1) is 17.6. The fraction of sp³-hybridized carbons (Fsp3) is 0.500. The molecule has 0 unspecified atom stereocenters. The van der Waals surface area contributed by atoms with Gasteiger partial charge in [0.2, 0.25) is 17.0 Å². The molecule has 2 atom stereocenters. The maximum atomic E-state index is 12.9. The quantitative estimate of drug-likeness (QED) is 0.240. The predicted octanol–water partition coefficient (Wildman–Crippen LogP) is -0.277. The molecule has 0 aliphatic carbocycles. The molecule has 4 rings (SSSR count). The molecule has 2 aliphatic heterocycles. The van der Waals surface area contributed by atoms with Gasteiger partial charge in [-0.15, -0.1) is 28.2 Å². The summed E-state index contributed by atoms with van der Waals surface area (Å²) >= 11 is 3.91. The number of carbonyl (C=O) groups is 4. The smallest absolute Gasteiger partial charge is 0.352 e. The number of fused-ring (bicyclic) bond motifs is 1. The van der Waals surface area contributed by atoms with Crippen LogP contribution in [0.2, 0.25) is 0 Å². The highest BCUT2D eigenvalue weighted by atomic mass is 32.2. The van der Waals surface area contributed by atoms with Crippen LogP contribution in [-0.2, 0) is 32.1 Å². The third-order valence-corrected chi connectivity index (χ3v) is 8.57. The number of thioether (sulfide) groups is 2. The molecular formula is C20H25N9O5S3. The fourth-order valence-electron chi connectivity index (χ4n) is 3.67. The molecule has 2 aliphatic rings. The van der Waals surface area contributed by atoms with Crippen molar-refractivity contribution in [3.05, 3.63) is 22.3 Å². The minimum atomic E-state index is -1.20. The second-order valence-corrected chi connectivity index (χ2v) is 11.4. The van der Waals surface area contributed by atoms with E-state index in [1.165, 1.54) is 46.7 Å². The highest BCUT2D eigenvalue weighted by Gasteiger charge is 2.54. The van der Waals surface area contributed by atoms with Gasteiger partial charge in [0.25, 0.3) is 5.91 Å². The van der Waals surface area contributed by atoms with Crippen LogP contribution in [0.15, 0.2) is 21.8 Å². The van der Waals surface area contributed by atoms with Crippen LogP contribution in [0.25, 0.3) is 0 Å². The van der Waals surface area contributed by atoms with E-state index < -0.39 is 29.2 Å². The van der Waals surface area contributed by atoms with E-state index in [1.54, 1.807) is 10.1 Å². The number of amides is 3. The minimum Gasteiger partial charge on any atom is -0.477 e. The molecule has 1 saturated heterocycles. The fourth-order valence-corrected chi connectivity index (χ4v) is 6.81. The lowest BCUT2D eigenvalue weighted by molar-refractivity contribution is -0.150. The van der Waals surface area contributed by atoms with Gasteiger partial charge in [0.1, 0.15) is 17.1 Å².